The summed E-state index contributed by atoms with van der Waals surface area (Å²) in [5.74, 6) is 2.01. The van der Waals surface area contributed by atoms with Crippen molar-refractivity contribution in [2.45, 2.75) is 57.3 Å². The standard InChI is InChI=1S/C24H28N2/c1-18(20-9-11-21(12-10-20)22-13-14-22)7-8-19(2)23-5-3-6-24(17-23)26-16-4-15-25-26/h3-6,9-12,15-19,22H,7-8,13-14H2,1-2H3. The van der Waals surface area contributed by atoms with Crippen molar-refractivity contribution in [3.05, 3.63) is 83.7 Å². The minimum Gasteiger partial charge on any atom is -0.241 e. The smallest absolute Gasteiger partial charge is 0.0648 e. The molecule has 0 aliphatic heterocycles. The van der Waals surface area contributed by atoms with E-state index in [1.807, 2.05) is 23.1 Å². The van der Waals surface area contributed by atoms with Crippen LogP contribution in [0.5, 0.6) is 0 Å². The number of rotatable bonds is 7. The Morgan fingerprint density at radius 3 is 2.31 bits per heavy atom. The van der Waals surface area contributed by atoms with E-state index >= 15 is 0 Å². The van der Waals surface area contributed by atoms with Gasteiger partial charge in [0.1, 0.15) is 0 Å². The van der Waals surface area contributed by atoms with Gasteiger partial charge in [-0.05, 0) is 78.3 Å². The molecule has 1 saturated carbocycles. The average molecular weight is 345 g/mol. The molecule has 0 radical (unpaired) electrons. The summed E-state index contributed by atoms with van der Waals surface area (Å²) in [4.78, 5) is 0. The number of hydrogen-bond acceptors (Lipinski definition) is 1. The largest absolute Gasteiger partial charge is 0.241 e. The summed E-state index contributed by atoms with van der Waals surface area (Å²) in [5, 5.41) is 4.34. The fraction of sp³-hybridized carbons (Fsp3) is 0.375. The van der Waals surface area contributed by atoms with Gasteiger partial charge in [0.25, 0.3) is 0 Å². The maximum absolute atomic E-state index is 4.34. The van der Waals surface area contributed by atoms with Gasteiger partial charge in [-0.15, -0.1) is 0 Å². The Bertz CT molecular complexity index is 829. The van der Waals surface area contributed by atoms with Gasteiger partial charge in [-0.25, -0.2) is 4.68 Å². The third-order valence-electron chi connectivity index (χ3n) is 5.80. The van der Waals surface area contributed by atoms with Crippen molar-refractivity contribution in [1.29, 1.82) is 0 Å². The summed E-state index contributed by atoms with van der Waals surface area (Å²) in [5.41, 5.74) is 5.55. The molecule has 1 aliphatic carbocycles. The molecule has 134 valence electrons. The lowest BCUT2D eigenvalue weighted by molar-refractivity contribution is 0.573. The second-order valence-corrected chi connectivity index (χ2v) is 7.87. The van der Waals surface area contributed by atoms with Crippen LogP contribution in [0.25, 0.3) is 5.69 Å². The molecule has 2 unspecified atom stereocenters. The highest BCUT2D eigenvalue weighted by Gasteiger charge is 2.23. The highest BCUT2D eigenvalue weighted by atomic mass is 15.3. The Kier molecular flexibility index (Phi) is 4.92. The van der Waals surface area contributed by atoms with Crippen LogP contribution in [0.4, 0.5) is 0 Å². The van der Waals surface area contributed by atoms with Crippen LogP contribution in [0, 0.1) is 0 Å². The molecule has 1 aliphatic rings. The lowest BCUT2D eigenvalue weighted by Gasteiger charge is -2.17. The van der Waals surface area contributed by atoms with Crippen molar-refractivity contribution in [2.75, 3.05) is 0 Å². The van der Waals surface area contributed by atoms with Crippen LogP contribution in [-0.2, 0) is 0 Å². The van der Waals surface area contributed by atoms with Crippen molar-refractivity contribution in [3.8, 4) is 5.69 Å². The highest BCUT2D eigenvalue weighted by molar-refractivity contribution is 5.36. The molecule has 3 aromatic rings. The van der Waals surface area contributed by atoms with Crippen molar-refractivity contribution in [2.24, 2.45) is 0 Å². The monoisotopic (exact) mass is 344 g/mol. The summed E-state index contributed by atoms with van der Waals surface area (Å²) in [6.45, 7) is 4.70. The molecule has 0 amide bonds. The van der Waals surface area contributed by atoms with Crippen LogP contribution in [0.15, 0.2) is 67.0 Å². The molecule has 2 nitrogen and oxygen atoms in total. The zero-order chi connectivity index (χ0) is 17.9. The predicted molar refractivity (Wildman–Crippen MR) is 108 cm³/mol. The lowest BCUT2D eigenvalue weighted by atomic mass is 9.88. The summed E-state index contributed by atoms with van der Waals surface area (Å²) in [7, 11) is 0. The van der Waals surface area contributed by atoms with Gasteiger partial charge >= 0.3 is 0 Å². The van der Waals surface area contributed by atoms with E-state index in [9.17, 15) is 0 Å². The van der Waals surface area contributed by atoms with Crippen LogP contribution in [-0.4, -0.2) is 9.78 Å². The number of nitrogens with zero attached hydrogens (tertiary/aromatic N) is 2. The van der Waals surface area contributed by atoms with Crippen LogP contribution in [0.2, 0.25) is 0 Å². The summed E-state index contributed by atoms with van der Waals surface area (Å²) in [6.07, 6.45) is 9.00. The third-order valence-corrected chi connectivity index (χ3v) is 5.80. The Hall–Kier alpha value is -2.35. The maximum Gasteiger partial charge on any atom is 0.0648 e. The Morgan fingerprint density at radius 2 is 1.65 bits per heavy atom. The van der Waals surface area contributed by atoms with E-state index in [0.29, 0.717) is 11.8 Å². The van der Waals surface area contributed by atoms with Gasteiger partial charge in [-0.1, -0.05) is 50.2 Å². The number of hydrogen-bond donors (Lipinski definition) is 0. The van der Waals surface area contributed by atoms with Crippen LogP contribution >= 0.6 is 0 Å². The van der Waals surface area contributed by atoms with E-state index in [4.69, 9.17) is 0 Å². The molecular weight excluding hydrogens is 316 g/mol. The van der Waals surface area contributed by atoms with Crippen LogP contribution in [0.1, 0.15) is 74.0 Å². The summed E-state index contributed by atoms with van der Waals surface area (Å²) >= 11 is 0. The third kappa shape index (κ3) is 3.90. The van der Waals surface area contributed by atoms with E-state index in [1.54, 1.807) is 0 Å². The molecule has 0 spiro atoms. The van der Waals surface area contributed by atoms with Crippen molar-refractivity contribution in [3.63, 3.8) is 0 Å². The highest BCUT2D eigenvalue weighted by Crippen LogP contribution is 2.40. The van der Waals surface area contributed by atoms with E-state index in [1.165, 1.54) is 42.4 Å². The van der Waals surface area contributed by atoms with Gasteiger partial charge in [0.15, 0.2) is 0 Å². The van der Waals surface area contributed by atoms with Crippen molar-refractivity contribution >= 4 is 0 Å². The molecule has 0 saturated heterocycles. The maximum atomic E-state index is 4.34. The van der Waals surface area contributed by atoms with Crippen molar-refractivity contribution < 1.29 is 0 Å². The predicted octanol–water partition coefficient (Wildman–Crippen LogP) is 6.44. The molecule has 4 rings (SSSR count). The molecule has 2 atom stereocenters. The molecular formula is C24H28N2. The first kappa shape index (κ1) is 17.1. The molecule has 0 N–H and O–H groups in total. The zero-order valence-electron chi connectivity index (χ0n) is 15.8. The molecule has 26 heavy (non-hydrogen) atoms. The second kappa shape index (κ2) is 7.49. The molecule has 1 fully saturated rings. The Labute approximate surface area is 156 Å². The van der Waals surface area contributed by atoms with Gasteiger partial charge in [0, 0.05) is 12.4 Å². The first-order valence-corrected chi connectivity index (χ1v) is 9.90. The van der Waals surface area contributed by atoms with Crippen molar-refractivity contribution in [1.82, 2.24) is 9.78 Å². The summed E-state index contributed by atoms with van der Waals surface area (Å²) in [6, 6.07) is 20.1. The molecule has 2 heteroatoms. The molecule has 1 aromatic heterocycles. The average Bonchev–Trinajstić information content (AvgIpc) is 3.40. The van der Waals surface area contributed by atoms with Gasteiger partial charge in [0.2, 0.25) is 0 Å². The minimum atomic E-state index is 0.554. The molecule has 2 aromatic carbocycles. The molecule has 0 bridgehead atoms. The van der Waals surface area contributed by atoms with Gasteiger partial charge in [0.05, 0.1) is 5.69 Å². The first-order chi connectivity index (χ1) is 12.7. The van der Waals surface area contributed by atoms with E-state index in [0.717, 1.165) is 11.6 Å². The quantitative estimate of drug-likeness (QED) is 0.482. The lowest BCUT2D eigenvalue weighted by Crippen LogP contribution is -2.01. The summed E-state index contributed by atoms with van der Waals surface area (Å²) < 4.78 is 1.93. The number of benzene rings is 2. The Morgan fingerprint density at radius 1 is 0.923 bits per heavy atom. The fourth-order valence-corrected chi connectivity index (χ4v) is 3.74. The topological polar surface area (TPSA) is 17.8 Å². The van der Waals surface area contributed by atoms with E-state index in [-0.39, 0.29) is 0 Å². The number of aromatic nitrogens is 2. The fourth-order valence-electron chi connectivity index (χ4n) is 3.74. The zero-order valence-corrected chi connectivity index (χ0v) is 15.8. The second-order valence-electron chi connectivity index (χ2n) is 7.87. The van der Waals surface area contributed by atoms with Gasteiger partial charge in [-0.2, -0.15) is 5.10 Å². The Balaban J connectivity index is 1.37. The molecule has 1 heterocycles. The van der Waals surface area contributed by atoms with Crippen LogP contribution in [0.3, 0.4) is 0 Å². The van der Waals surface area contributed by atoms with Gasteiger partial charge < -0.3 is 0 Å². The van der Waals surface area contributed by atoms with Crippen LogP contribution < -0.4 is 0 Å². The normalized spacial score (nSPS) is 16.4. The van der Waals surface area contributed by atoms with E-state index in [2.05, 4.69) is 67.5 Å². The minimum absolute atomic E-state index is 0.554. The SMILES string of the molecule is CC(CCC(C)c1cccc(-n2cccn2)c1)c1ccc(C2CC2)cc1. The van der Waals surface area contributed by atoms with Gasteiger partial charge in [-0.3, -0.25) is 0 Å². The van der Waals surface area contributed by atoms with E-state index < -0.39 is 0 Å². The first-order valence-electron chi connectivity index (χ1n) is 9.90.